The zero-order valence-corrected chi connectivity index (χ0v) is 11.9. The van der Waals surface area contributed by atoms with Crippen molar-refractivity contribution in [1.82, 2.24) is 10.6 Å². The highest BCUT2D eigenvalue weighted by Crippen LogP contribution is 2.06. The number of amides is 1. The smallest absolute Gasteiger partial charge is 0.234 e. The number of hydrogen-bond acceptors (Lipinski definition) is 3. The summed E-state index contributed by atoms with van der Waals surface area (Å²) in [6.07, 6.45) is 1.96. The van der Waals surface area contributed by atoms with Crippen molar-refractivity contribution in [3.8, 4) is 0 Å². The summed E-state index contributed by atoms with van der Waals surface area (Å²) in [5.41, 5.74) is -0.218. The molecular formula is C13H28N2O2. The predicted molar refractivity (Wildman–Crippen MR) is 71.1 cm³/mol. The van der Waals surface area contributed by atoms with Crippen molar-refractivity contribution in [2.45, 2.75) is 59.1 Å². The van der Waals surface area contributed by atoms with Crippen molar-refractivity contribution in [2.24, 2.45) is 0 Å². The molecule has 0 aromatic heterocycles. The van der Waals surface area contributed by atoms with Crippen molar-refractivity contribution >= 4 is 5.91 Å². The van der Waals surface area contributed by atoms with E-state index in [0.717, 1.165) is 12.8 Å². The third kappa shape index (κ3) is 8.16. The lowest BCUT2D eigenvalue weighted by atomic mass is 10.1. The largest absolute Gasteiger partial charge is 0.375 e. The van der Waals surface area contributed by atoms with Gasteiger partial charge in [-0.05, 0) is 33.6 Å². The van der Waals surface area contributed by atoms with Gasteiger partial charge in [-0.3, -0.25) is 4.79 Å². The first-order valence-electron chi connectivity index (χ1n) is 6.59. The molecule has 0 aliphatic rings. The Bertz CT molecular complexity index is 213. The molecule has 4 heteroatoms. The molecular weight excluding hydrogens is 216 g/mol. The highest BCUT2D eigenvalue weighted by Gasteiger charge is 2.17. The minimum atomic E-state index is -0.218. The van der Waals surface area contributed by atoms with Crippen molar-refractivity contribution in [3.05, 3.63) is 0 Å². The van der Waals surface area contributed by atoms with Crippen LogP contribution in [0.4, 0.5) is 0 Å². The molecule has 0 bridgehead atoms. The van der Waals surface area contributed by atoms with Gasteiger partial charge in [-0.15, -0.1) is 0 Å². The Kier molecular flexibility index (Phi) is 8.17. The number of rotatable bonds is 9. The normalized spacial score (nSPS) is 11.9. The Balaban J connectivity index is 3.77. The van der Waals surface area contributed by atoms with Crippen LogP contribution in [0.3, 0.4) is 0 Å². The van der Waals surface area contributed by atoms with Crippen LogP contribution in [0.2, 0.25) is 0 Å². The van der Waals surface area contributed by atoms with E-state index in [9.17, 15) is 4.79 Å². The van der Waals surface area contributed by atoms with Gasteiger partial charge in [0.15, 0.2) is 0 Å². The zero-order chi connectivity index (χ0) is 13.3. The SMILES string of the molecule is CCOC(C)(C)CNCC(=O)NC(CC)CC. The quantitative estimate of drug-likeness (QED) is 0.649. The van der Waals surface area contributed by atoms with Gasteiger partial charge in [0.05, 0.1) is 12.1 Å². The van der Waals surface area contributed by atoms with Gasteiger partial charge in [-0.1, -0.05) is 13.8 Å². The molecule has 0 atom stereocenters. The van der Waals surface area contributed by atoms with E-state index < -0.39 is 0 Å². The highest BCUT2D eigenvalue weighted by molar-refractivity contribution is 5.78. The van der Waals surface area contributed by atoms with Crippen LogP contribution >= 0.6 is 0 Å². The molecule has 0 saturated heterocycles. The fourth-order valence-electron chi connectivity index (χ4n) is 1.69. The Morgan fingerprint density at radius 3 is 2.29 bits per heavy atom. The third-order valence-corrected chi connectivity index (χ3v) is 2.72. The number of carbonyl (C=O) groups is 1. The molecule has 0 aromatic carbocycles. The summed E-state index contributed by atoms with van der Waals surface area (Å²) in [5.74, 6) is 0.0611. The van der Waals surface area contributed by atoms with Gasteiger partial charge in [0.25, 0.3) is 0 Å². The zero-order valence-electron chi connectivity index (χ0n) is 11.9. The minimum absolute atomic E-state index is 0.0611. The predicted octanol–water partition coefficient (Wildman–Crippen LogP) is 1.70. The van der Waals surface area contributed by atoms with Crippen molar-refractivity contribution in [3.63, 3.8) is 0 Å². The maximum absolute atomic E-state index is 11.6. The van der Waals surface area contributed by atoms with E-state index in [0.29, 0.717) is 25.7 Å². The molecule has 0 heterocycles. The number of carbonyl (C=O) groups excluding carboxylic acids is 1. The van der Waals surface area contributed by atoms with Gasteiger partial charge in [0.1, 0.15) is 0 Å². The molecule has 0 unspecified atom stereocenters. The second-order valence-corrected chi connectivity index (χ2v) is 4.88. The van der Waals surface area contributed by atoms with E-state index in [4.69, 9.17) is 4.74 Å². The number of ether oxygens (including phenoxy) is 1. The van der Waals surface area contributed by atoms with Crippen molar-refractivity contribution in [1.29, 1.82) is 0 Å². The summed E-state index contributed by atoms with van der Waals surface area (Å²) in [4.78, 5) is 11.6. The van der Waals surface area contributed by atoms with E-state index in [1.165, 1.54) is 0 Å². The number of hydrogen-bond donors (Lipinski definition) is 2. The molecule has 0 aliphatic carbocycles. The third-order valence-electron chi connectivity index (χ3n) is 2.72. The molecule has 0 aromatic rings. The van der Waals surface area contributed by atoms with Gasteiger partial charge in [-0.25, -0.2) is 0 Å². The lowest BCUT2D eigenvalue weighted by molar-refractivity contribution is -0.121. The molecule has 0 rings (SSSR count). The van der Waals surface area contributed by atoms with E-state index in [1.807, 2.05) is 20.8 Å². The maximum atomic E-state index is 11.6. The summed E-state index contributed by atoms with van der Waals surface area (Å²) in [7, 11) is 0. The van der Waals surface area contributed by atoms with E-state index in [2.05, 4.69) is 24.5 Å². The van der Waals surface area contributed by atoms with E-state index in [1.54, 1.807) is 0 Å². The highest BCUT2D eigenvalue weighted by atomic mass is 16.5. The first-order chi connectivity index (χ1) is 7.95. The monoisotopic (exact) mass is 244 g/mol. The Morgan fingerprint density at radius 1 is 1.24 bits per heavy atom. The van der Waals surface area contributed by atoms with Gasteiger partial charge in [0.2, 0.25) is 5.91 Å². The second-order valence-electron chi connectivity index (χ2n) is 4.88. The molecule has 17 heavy (non-hydrogen) atoms. The Morgan fingerprint density at radius 2 is 1.82 bits per heavy atom. The van der Waals surface area contributed by atoms with Gasteiger partial charge < -0.3 is 15.4 Å². The second kappa shape index (κ2) is 8.48. The first kappa shape index (κ1) is 16.4. The van der Waals surface area contributed by atoms with Crippen molar-refractivity contribution < 1.29 is 9.53 Å². The molecule has 102 valence electrons. The van der Waals surface area contributed by atoms with Gasteiger partial charge in [0, 0.05) is 19.2 Å². The van der Waals surface area contributed by atoms with Crippen LogP contribution in [-0.4, -0.2) is 37.2 Å². The van der Waals surface area contributed by atoms with Crippen LogP contribution in [-0.2, 0) is 9.53 Å². The summed E-state index contributed by atoms with van der Waals surface area (Å²) >= 11 is 0. The molecule has 0 fully saturated rings. The lowest BCUT2D eigenvalue weighted by Gasteiger charge is -2.25. The van der Waals surface area contributed by atoms with E-state index >= 15 is 0 Å². The van der Waals surface area contributed by atoms with E-state index in [-0.39, 0.29) is 11.5 Å². The fraction of sp³-hybridized carbons (Fsp3) is 0.923. The molecule has 0 spiro atoms. The van der Waals surface area contributed by atoms with Crippen LogP contribution in [0.15, 0.2) is 0 Å². The average molecular weight is 244 g/mol. The average Bonchev–Trinajstić information content (AvgIpc) is 2.25. The maximum Gasteiger partial charge on any atom is 0.234 e. The molecule has 2 N–H and O–H groups in total. The lowest BCUT2D eigenvalue weighted by Crippen LogP contribution is -2.44. The number of nitrogens with one attached hydrogen (secondary N) is 2. The minimum Gasteiger partial charge on any atom is -0.375 e. The van der Waals surface area contributed by atoms with Crippen LogP contribution in [0.1, 0.15) is 47.5 Å². The summed E-state index contributed by atoms with van der Waals surface area (Å²) in [5, 5.41) is 6.12. The summed E-state index contributed by atoms with van der Waals surface area (Å²) in [6, 6.07) is 0.296. The standard InChI is InChI=1S/C13H28N2O2/c1-6-11(7-2)15-12(16)9-14-10-13(4,5)17-8-3/h11,14H,6-10H2,1-5H3,(H,15,16). The van der Waals surface area contributed by atoms with Crippen LogP contribution in [0.25, 0.3) is 0 Å². The molecule has 4 nitrogen and oxygen atoms in total. The molecule has 1 amide bonds. The Labute approximate surface area is 105 Å². The molecule has 0 saturated carbocycles. The first-order valence-corrected chi connectivity index (χ1v) is 6.59. The van der Waals surface area contributed by atoms with Crippen LogP contribution < -0.4 is 10.6 Å². The van der Waals surface area contributed by atoms with Crippen LogP contribution in [0, 0.1) is 0 Å². The van der Waals surface area contributed by atoms with Gasteiger partial charge in [-0.2, -0.15) is 0 Å². The topological polar surface area (TPSA) is 50.4 Å². The van der Waals surface area contributed by atoms with Gasteiger partial charge >= 0.3 is 0 Å². The molecule has 0 radical (unpaired) electrons. The van der Waals surface area contributed by atoms with Crippen LogP contribution in [0.5, 0.6) is 0 Å². The summed E-state index contributed by atoms with van der Waals surface area (Å²) in [6.45, 7) is 11.9. The summed E-state index contributed by atoms with van der Waals surface area (Å²) < 4.78 is 5.54. The molecule has 0 aliphatic heterocycles. The Hall–Kier alpha value is -0.610. The van der Waals surface area contributed by atoms with Crippen molar-refractivity contribution in [2.75, 3.05) is 19.7 Å². The fourth-order valence-corrected chi connectivity index (χ4v) is 1.69.